The Hall–Kier alpha value is -1.28. The minimum absolute atomic E-state index is 0.0409. The molecule has 6 heteroatoms. The number of carbonyl (C=O) groups is 1. The fraction of sp³-hybridized carbons (Fsp3) is 0.467. The number of halogens is 2. The Morgan fingerprint density at radius 1 is 1.48 bits per heavy atom. The first kappa shape index (κ1) is 16.1. The summed E-state index contributed by atoms with van der Waals surface area (Å²) in [5.41, 5.74) is 0.545. The largest absolute Gasteiger partial charge is 0.324 e. The Labute approximate surface area is 134 Å². The first-order chi connectivity index (χ1) is 10.1. The summed E-state index contributed by atoms with van der Waals surface area (Å²) < 4.78 is 0. The number of piperidine rings is 1. The van der Waals surface area contributed by atoms with Gasteiger partial charge < -0.3 is 10.2 Å². The normalized spacial score (nSPS) is 19.0. The van der Waals surface area contributed by atoms with E-state index in [-0.39, 0.29) is 11.8 Å². The van der Waals surface area contributed by atoms with Crippen LogP contribution in [0.1, 0.15) is 19.3 Å². The average Bonchev–Trinajstić information content (AvgIpc) is 2.50. The number of anilines is 1. The molecule has 2 rings (SSSR count). The zero-order chi connectivity index (χ0) is 15.2. The van der Waals surface area contributed by atoms with E-state index in [2.05, 4.69) is 16.3 Å². The molecule has 1 aromatic carbocycles. The van der Waals surface area contributed by atoms with Crippen molar-refractivity contribution < 1.29 is 4.79 Å². The highest BCUT2D eigenvalue weighted by Crippen LogP contribution is 2.30. The van der Waals surface area contributed by atoms with E-state index in [1.54, 1.807) is 18.2 Å². The van der Waals surface area contributed by atoms with E-state index in [0.29, 0.717) is 28.7 Å². The van der Waals surface area contributed by atoms with Gasteiger partial charge in [0.05, 0.1) is 27.7 Å². The lowest BCUT2D eigenvalue weighted by atomic mass is 9.97. The van der Waals surface area contributed by atoms with Gasteiger partial charge in [-0.2, -0.15) is 5.26 Å². The van der Waals surface area contributed by atoms with Gasteiger partial charge in [-0.05, 0) is 31.5 Å². The van der Waals surface area contributed by atoms with Gasteiger partial charge in [-0.1, -0.05) is 29.3 Å². The van der Waals surface area contributed by atoms with Crippen molar-refractivity contribution in [2.75, 3.05) is 25.0 Å². The van der Waals surface area contributed by atoms with E-state index in [1.165, 1.54) is 0 Å². The number of nitriles is 1. The van der Waals surface area contributed by atoms with Crippen LogP contribution in [0.25, 0.3) is 0 Å². The third-order valence-corrected chi connectivity index (χ3v) is 4.44. The van der Waals surface area contributed by atoms with Gasteiger partial charge in [0.15, 0.2) is 0 Å². The van der Waals surface area contributed by atoms with Crippen LogP contribution in [-0.4, -0.2) is 30.4 Å². The average molecular weight is 326 g/mol. The van der Waals surface area contributed by atoms with Gasteiger partial charge in [-0.3, -0.25) is 4.79 Å². The molecule has 4 nitrogen and oxygen atoms in total. The molecule has 0 spiro atoms. The van der Waals surface area contributed by atoms with Gasteiger partial charge in [-0.15, -0.1) is 0 Å². The molecular weight excluding hydrogens is 309 g/mol. The highest BCUT2D eigenvalue weighted by molar-refractivity contribution is 6.44. The van der Waals surface area contributed by atoms with Crippen molar-refractivity contribution in [3.05, 3.63) is 28.2 Å². The molecule has 1 aliphatic rings. The van der Waals surface area contributed by atoms with Crippen molar-refractivity contribution in [1.29, 1.82) is 5.26 Å². The van der Waals surface area contributed by atoms with Crippen molar-refractivity contribution in [2.24, 2.45) is 5.92 Å². The summed E-state index contributed by atoms with van der Waals surface area (Å²) in [6.45, 7) is 2.35. The summed E-state index contributed by atoms with van der Waals surface area (Å²) in [5, 5.41) is 12.3. The van der Waals surface area contributed by atoms with Crippen molar-refractivity contribution >= 4 is 34.8 Å². The van der Waals surface area contributed by atoms with Gasteiger partial charge >= 0.3 is 0 Å². The number of hydrogen-bond donors (Lipinski definition) is 1. The van der Waals surface area contributed by atoms with Crippen LogP contribution in [0.5, 0.6) is 0 Å². The molecule has 0 aliphatic carbocycles. The van der Waals surface area contributed by atoms with Crippen LogP contribution in [-0.2, 0) is 4.79 Å². The molecule has 1 N–H and O–H groups in total. The number of amides is 1. The van der Waals surface area contributed by atoms with Crippen LogP contribution in [0.4, 0.5) is 5.69 Å². The van der Waals surface area contributed by atoms with Crippen LogP contribution in [0.15, 0.2) is 18.2 Å². The van der Waals surface area contributed by atoms with Crippen LogP contribution in [0, 0.1) is 17.2 Å². The quantitative estimate of drug-likeness (QED) is 0.920. The molecule has 0 bridgehead atoms. The third kappa shape index (κ3) is 4.34. The summed E-state index contributed by atoms with van der Waals surface area (Å²) in [7, 11) is 0. The predicted octanol–water partition coefficient (Wildman–Crippen LogP) is 3.56. The number of carbonyl (C=O) groups excluding carboxylic acids is 1. The molecular formula is C15H17Cl2N3O. The molecule has 21 heavy (non-hydrogen) atoms. The fourth-order valence-electron chi connectivity index (χ4n) is 2.52. The summed E-state index contributed by atoms with van der Waals surface area (Å²) in [6.07, 6.45) is 2.31. The van der Waals surface area contributed by atoms with E-state index in [4.69, 9.17) is 28.5 Å². The van der Waals surface area contributed by atoms with Crippen molar-refractivity contribution in [1.82, 2.24) is 4.90 Å². The number of rotatable bonds is 4. The van der Waals surface area contributed by atoms with Gasteiger partial charge in [0.1, 0.15) is 0 Å². The van der Waals surface area contributed by atoms with E-state index >= 15 is 0 Å². The minimum atomic E-state index is -0.0764. The smallest absolute Gasteiger partial charge is 0.228 e. The molecule has 1 amide bonds. The Balaban J connectivity index is 1.96. The Kier molecular flexibility index (Phi) is 5.86. The number of benzene rings is 1. The van der Waals surface area contributed by atoms with E-state index in [9.17, 15) is 4.79 Å². The van der Waals surface area contributed by atoms with E-state index in [1.807, 2.05) is 0 Å². The molecule has 1 atom stereocenters. The summed E-state index contributed by atoms with van der Waals surface area (Å²) in [6, 6.07) is 7.31. The molecule has 1 heterocycles. The van der Waals surface area contributed by atoms with Gasteiger partial charge in [-0.25, -0.2) is 0 Å². The van der Waals surface area contributed by atoms with E-state index < -0.39 is 0 Å². The molecule has 1 unspecified atom stereocenters. The maximum absolute atomic E-state index is 12.3. The number of nitrogens with one attached hydrogen (secondary N) is 1. The molecule has 1 fully saturated rings. The van der Waals surface area contributed by atoms with Crippen LogP contribution >= 0.6 is 23.2 Å². The first-order valence-corrected chi connectivity index (χ1v) is 7.71. The minimum Gasteiger partial charge on any atom is -0.324 e. The van der Waals surface area contributed by atoms with Gasteiger partial charge in [0.25, 0.3) is 0 Å². The van der Waals surface area contributed by atoms with Crippen molar-refractivity contribution in [3.8, 4) is 6.07 Å². The molecule has 0 aromatic heterocycles. The lowest BCUT2D eigenvalue weighted by molar-refractivity contribution is -0.121. The maximum atomic E-state index is 12.3. The van der Waals surface area contributed by atoms with Crippen LogP contribution in [0.3, 0.4) is 0 Å². The second-order valence-corrected chi connectivity index (χ2v) is 5.92. The lowest BCUT2D eigenvalue weighted by Gasteiger charge is -2.31. The Morgan fingerprint density at radius 3 is 3.05 bits per heavy atom. The summed E-state index contributed by atoms with van der Waals surface area (Å²) in [5.74, 6) is -0.117. The molecule has 0 saturated carbocycles. The third-order valence-electron chi connectivity index (χ3n) is 3.63. The maximum Gasteiger partial charge on any atom is 0.228 e. The van der Waals surface area contributed by atoms with Crippen LogP contribution < -0.4 is 5.32 Å². The zero-order valence-electron chi connectivity index (χ0n) is 11.6. The highest BCUT2D eigenvalue weighted by Gasteiger charge is 2.26. The first-order valence-electron chi connectivity index (χ1n) is 6.96. The standard InChI is InChI=1S/C15H17Cl2N3O/c16-12-5-1-6-13(14(12)17)19-15(21)11-4-2-8-20(10-11)9-3-7-18/h1,5-6,11H,2-4,8-10H2,(H,19,21). The van der Waals surface area contributed by atoms with Gasteiger partial charge in [0, 0.05) is 19.5 Å². The number of likely N-dealkylation sites (tertiary alicyclic amines) is 1. The molecule has 112 valence electrons. The molecule has 1 saturated heterocycles. The van der Waals surface area contributed by atoms with Gasteiger partial charge in [0.2, 0.25) is 5.91 Å². The number of hydrogen-bond acceptors (Lipinski definition) is 3. The fourth-order valence-corrected chi connectivity index (χ4v) is 2.86. The molecule has 1 aromatic rings. The van der Waals surface area contributed by atoms with Crippen LogP contribution in [0.2, 0.25) is 10.0 Å². The van der Waals surface area contributed by atoms with Crippen molar-refractivity contribution in [2.45, 2.75) is 19.3 Å². The predicted molar refractivity (Wildman–Crippen MR) is 84.5 cm³/mol. The monoisotopic (exact) mass is 325 g/mol. The topological polar surface area (TPSA) is 56.1 Å². The second kappa shape index (κ2) is 7.65. The summed E-state index contributed by atoms with van der Waals surface area (Å²) >= 11 is 12.0. The lowest BCUT2D eigenvalue weighted by Crippen LogP contribution is -2.41. The Bertz CT molecular complexity index is 556. The highest BCUT2D eigenvalue weighted by atomic mass is 35.5. The SMILES string of the molecule is N#CCCN1CCCC(C(=O)Nc2cccc(Cl)c2Cl)C1. The Morgan fingerprint density at radius 2 is 2.29 bits per heavy atom. The van der Waals surface area contributed by atoms with E-state index in [0.717, 1.165) is 25.9 Å². The summed E-state index contributed by atoms with van der Waals surface area (Å²) in [4.78, 5) is 14.5. The second-order valence-electron chi connectivity index (χ2n) is 5.14. The molecule has 1 aliphatic heterocycles. The molecule has 0 radical (unpaired) electrons. The number of nitrogens with zero attached hydrogens (tertiary/aromatic N) is 2. The zero-order valence-corrected chi connectivity index (χ0v) is 13.1. The van der Waals surface area contributed by atoms with Crippen molar-refractivity contribution in [3.63, 3.8) is 0 Å².